The average molecular weight is 212 g/mol. The lowest BCUT2D eigenvalue weighted by atomic mass is 10.1. The lowest BCUT2D eigenvalue weighted by Gasteiger charge is -2.15. The fourth-order valence-corrected chi connectivity index (χ4v) is 1.61. The molecule has 1 N–H and O–H groups in total. The summed E-state index contributed by atoms with van der Waals surface area (Å²) in [7, 11) is 1.80. The van der Waals surface area contributed by atoms with Gasteiger partial charge in [0.1, 0.15) is 0 Å². The van der Waals surface area contributed by atoms with Crippen LogP contribution >= 0.6 is 0 Å². The Morgan fingerprint density at radius 3 is 2.25 bits per heavy atom. The molecular weight excluding hydrogens is 196 g/mol. The number of nitrogens with one attached hydrogen (secondary N) is 1. The summed E-state index contributed by atoms with van der Waals surface area (Å²) in [4.78, 5) is 4.12. The SMILES string of the molecule is CN=C1C=CC(Nc2ccc(C)cc2)C=C1. The molecule has 2 nitrogen and oxygen atoms in total. The number of benzene rings is 1. The van der Waals surface area contributed by atoms with Crippen LogP contribution in [0.3, 0.4) is 0 Å². The predicted molar refractivity (Wildman–Crippen MR) is 70.2 cm³/mol. The van der Waals surface area contributed by atoms with Gasteiger partial charge in [-0.25, -0.2) is 0 Å². The molecule has 82 valence electrons. The topological polar surface area (TPSA) is 24.4 Å². The van der Waals surface area contributed by atoms with Crippen molar-refractivity contribution in [3.05, 3.63) is 54.1 Å². The van der Waals surface area contributed by atoms with Gasteiger partial charge in [-0.15, -0.1) is 0 Å². The van der Waals surface area contributed by atoms with Gasteiger partial charge in [-0.05, 0) is 31.2 Å². The Kier molecular flexibility index (Phi) is 3.20. The van der Waals surface area contributed by atoms with E-state index in [0.29, 0.717) is 0 Å². The second-order valence-electron chi connectivity index (χ2n) is 3.90. The van der Waals surface area contributed by atoms with Crippen LogP contribution in [0, 0.1) is 6.92 Å². The van der Waals surface area contributed by atoms with Crippen LogP contribution in [0.5, 0.6) is 0 Å². The van der Waals surface area contributed by atoms with E-state index in [1.807, 2.05) is 12.2 Å². The van der Waals surface area contributed by atoms with Gasteiger partial charge >= 0.3 is 0 Å². The molecule has 0 amide bonds. The van der Waals surface area contributed by atoms with Crippen LogP contribution in [0.2, 0.25) is 0 Å². The van der Waals surface area contributed by atoms with Gasteiger partial charge in [0.2, 0.25) is 0 Å². The Morgan fingerprint density at radius 2 is 1.69 bits per heavy atom. The van der Waals surface area contributed by atoms with Crippen molar-refractivity contribution in [1.29, 1.82) is 0 Å². The number of allylic oxidation sites excluding steroid dienone is 2. The number of aliphatic imine (C=N–C) groups is 1. The van der Waals surface area contributed by atoms with Gasteiger partial charge in [0.25, 0.3) is 0 Å². The zero-order valence-corrected chi connectivity index (χ0v) is 9.64. The van der Waals surface area contributed by atoms with Crippen LogP contribution in [0.15, 0.2) is 53.6 Å². The first-order valence-corrected chi connectivity index (χ1v) is 5.44. The number of anilines is 1. The molecule has 0 fully saturated rings. The van der Waals surface area contributed by atoms with Gasteiger partial charge < -0.3 is 5.32 Å². The van der Waals surface area contributed by atoms with Gasteiger partial charge in [0.15, 0.2) is 0 Å². The fraction of sp³-hybridized carbons (Fsp3) is 0.214. The summed E-state index contributed by atoms with van der Waals surface area (Å²) < 4.78 is 0. The summed E-state index contributed by atoms with van der Waals surface area (Å²) in [5, 5.41) is 3.42. The molecule has 1 aliphatic carbocycles. The Labute approximate surface area is 96.4 Å². The molecule has 16 heavy (non-hydrogen) atoms. The maximum Gasteiger partial charge on any atom is 0.0636 e. The molecule has 0 aromatic heterocycles. The highest BCUT2D eigenvalue weighted by Gasteiger charge is 2.04. The van der Waals surface area contributed by atoms with Gasteiger partial charge in [-0.1, -0.05) is 29.8 Å². The molecule has 0 saturated carbocycles. The van der Waals surface area contributed by atoms with Crippen molar-refractivity contribution in [3.63, 3.8) is 0 Å². The van der Waals surface area contributed by atoms with E-state index in [-0.39, 0.29) is 6.04 Å². The Balaban J connectivity index is 2.02. The molecule has 0 aliphatic heterocycles. The molecule has 0 bridgehead atoms. The molecule has 1 aromatic rings. The number of nitrogens with zero attached hydrogens (tertiary/aromatic N) is 1. The van der Waals surface area contributed by atoms with Gasteiger partial charge in [-0.2, -0.15) is 0 Å². The van der Waals surface area contributed by atoms with Crippen LogP contribution in [0.1, 0.15) is 5.56 Å². The lowest BCUT2D eigenvalue weighted by Crippen LogP contribution is -2.16. The molecule has 1 aromatic carbocycles. The first kappa shape index (κ1) is 10.7. The first-order chi connectivity index (χ1) is 7.78. The number of hydrogen-bond acceptors (Lipinski definition) is 2. The normalized spacial score (nSPS) is 18.6. The largest absolute Gasteiger partial charge is 0.375 e. The van der Waals surface area contributed by atoms with E-state index in [1.54, 1.807) is 7.05 Å². The zero-order chi connectivity index (χ0) is 11.4. The molecular formula is C14H16N2. The van der Waals surface area contributed by atoms with Crippen LogP contribution in [-0.4, -0.2) is 18.8 Å². The summed E-state index contributed by atoms with van der Waals surface area (Å²) in [6.07, 6.45) is 8.29. The first-order valence-electron chi connectivity index (χ1n) is 5.44. The number of hydrogen-bond donors (Lipinski definition) is 1. The minimum Gasteiger partial charge on any atom is -0.375 e. The minimum absolute atomic E-state index is 0.258. The molecule has 2 heteroatoms. The van der Waals surface area contributed by atoms with E-state index in [4.69, 9.17) is 0 Å². The van der Waals surface area contributed by atoms with E-state index in [9.17, 15) is 0 Å². The van der Waals surface area contributed by atoms with E-state index in [1.165, 1.54) is 5.56 Å². The summed E-state index contributed by atoms with van der Waals surface area (Å²) in [5.74, 6) is 0. The lowest BCUT2D eigenvalue weighted by molar-refractivity contribution is 1.10. The predicted octanol–water partition coefficient (Wildman–Crippen LogP) is 2.97. The van der Waals surface area contributed by atoms with Crippen molar-refractivity contribution < 1.29 is 0 Å². The van der Waals surface area contributed by atoms with Gasteiger partial charge in [0, 0.05) is 12.7 Å². The summed E-state index contributed by atoms with van der Waals surface area (Å²) in [6.45, 7) is 2.09. The third-order valence-corrected chi connectivity index (χ3v) is 2.59. The molecule has 1 aliphatic rings. The van der Waals surface area contributed by atoms with Crippen LogP contribution in [0.4, 0.5) is 5.69 Å². The third kappa shape index (κ3) is 2.60. The maximum atomic E-state index is 4.12. The third-order valence-electron chi connectivity index (χ3n) is 2.59. The van der Waals surface area contributed by atoms with Crippen molar-refractivity contribution >= 4 is 11.4 Å². The molecule has 0 saturated heterocycles. The molecule has 0 heterocycles. The molecule has 0 unspecified atom stereocenters. The Bertz CT molecular complexity index is 422. The van der Waals surface area contributed by atoms with Gasteiger partial charge in [0.05, 0.1) is 11.8 Å². The number of rotatable bonds is 2. The standard InChI is InChI=1S/C14H16N2/c1-11-3-5-13(6-4-11)16-14-9-7-12(15-2)8-10-14/h3-10,14,16H,1-2H3. The van der Waals surface area contributed by atoms with Crippen LogP contribution in [0.25, 0.3) is 0 Å². The van der Waals surface area contributed by atoms with E-state index in [0.717, 1.165) is 11.4 Å². The second-order valence-corrected chi connectivity index (χ2v) is 3.90. The molecule has 0 spiro atoms. The van der Waals surface area contributed by atoms with Crippen LogP contribution in [-0.2, 0) is 0 Å². The second kappa shape index (κ2) is 4.79. The molecule has 0 atom stereocenters. The monoisotopic (exact) mass is 212 g/mol. The van der Waals surface area contributed by atoms with Crippen molar-refractivity contribution in [2.45, 2.75) is 13.0 Å². The van der Waals surface area contributed by atoms with Crippen molar-refractivity contribution in [2.24, 2.45) is 4.99 Å². The summed E-state index contributed by atoms with van der Waals surface area (Å²) >= 11 is 0. The Morgan fingerprint density at radius 1 is 1.06 bits per heavy atom. The Hall–Kier alpha value is -1.83. The minimum atomic E-state index is 0.258. The highest BCUT2D eigenvalue weighted by molar-refractivity contribution is 6.05. The average Bonchev–Trinajstić information content (AvgIpc) is 2.33. The van der Waals surface area contributed by atoms with Crippen LogP contribution < -0.4 is 5.32 Å². The maximum absolute atomic E-state index is 4.12. The quantitative estimate of drug-likeness (QED) is 0.800. The molecule has 2 rings (SSSR count). The van der Waals surface area contributed by atoms with E-state index < -0.39 is 0 Å². The highest BCUT2D eigenvalue weighted by Crippen LogP contribution is 2.12. The van der Waals surface area contributed by atoms with E-state index >= 15 is 0 Å². The van der Waals surface area contributed by atoms with Crippen molar-refractivity contribution in [1.82, 2.24) is 0 Å². The van der Waals surface area contributed by atoms with Crippen molar-refractivity contribution in [2.75, 3.05) is 12.4 Å². The van der Waals surface area contributed by atoms with Crippen molar-refractivity contribution in [3.8, 4) is 0 Å². The smallest absolute Gasteiger partial charge is 0.0636 e. The summed E-state index contributed by atoms with van der Waals surface area (Å²) in [6, 6.07) is 8.67. The van der Waals surface area contributed by atoms with Gasteiger partial charge in [-0.3, -0.25) is 4.99 Å². The summed E-state index contributed by atoms with van der Waals surface area (Å²) in [5.41, 5.74) is 3.43. The molecule has 0 radical (unpaired) electrons. The fourth-order valence-electron chi connectivity index (χ4n) is 1.61. The number of aryl methyl sites for hydroxylation is 1. The zero-order valence-electron chi connectivity index (χ0n) is 9.64. The highest BCUT2D eigenvalue weighted by atomic mass is 14.9. The van der Waals surface area contributed by atoms with E-state index in [2.05, 4.69) is 53.7 Å².